The Labute approximate surface area is 187 Å². The molecular formula is C24H28ClN3O3. The van der Waals surface area contributed by atoms with Gasteiger partial charge in [0.15, 0.2) is 0 Å². The number of esters is 1. The maximum absolute atomic E-state index is 12.1. The number of fused-ring (bicyclic) bond motifs is 1. The van der Waals surface area contributed by atoms with Crippen LogP contribution in [-0.2, 0) is 29.7 Å². The molecule has 31 heavy (non-hydrogen) atoms. The van der Waals surface area contributed by atoms with Crippen molar-refractivity contribution < 1.29 is 14.3 Å². The summed E-state index contributed by atoms with van der Waals surface area (Å²) in [4.78, 5) is 23.9. The van der Waals surface area contributed by atoms with Crippen LogP contribution < -0.4 is 10.6 Å². The largest absolute Gasteiger partial charge is 0.461 e. The van der Waals surface area contributed by atoms with Gasteiger partial charge in [0.25, 0.3) is 0 Å². The van der Waals surface area contributed by atoms with Gasteiger partial charge in [0, 0.05) is 47.7 Å². The molecule has 1 aromatic heterocycles. The van der Waals surface area contributed by atoms with Crippen LogP contribution in [0.4, 0.5) is 5.69 Å². The topological polar surface area (TPSA) is 72.4 Å². The van der Waals surface area contributed by atoms with E-state index in [1.165, 1.54) is 0 Å². The van der Waals surface area contributed by atoms with Crippen molar-refractivity contribution in [1.82, 2.24) is 9.88 Å². The molecule has 2 N–H and O–H groups in total. The molecule has 0 fully saturated rings. The number of amides is 1. The van der Waals surface area contributed by atoms with Gasteiger partial charge in [-0.3, -0.25) is 4.79 Å². The van der Waals surface area contributed by atoms with E-state index in [1.54, 1.807) is 6.92 Å². The summed E-state index contributed by atoms with van der Waals surface area (Å²) in [6, 6.07) is 13.5. The number of nitrogens with one attached hydrogen (secondary N) is 2. The van der Waals surface area contributed by atoms with E-state index in [1.807, 2.05) is 67.9 Å². The molecule has 7 heteroatoms. The third kappa shape index (κ3) is 5.39. The minimum atomic E-state index is -0.330. The second-order valence-corrected chi connectivity index (χ2v) is 8.14. The van der Waals surface area contributed by atoms with Gasteiger partial charge < -0.3 is 19.9 Å². The van der Waals surface area contributed by atoms with Crippen LogP contribution >= 0.6 is 11.6 Å². The number of carbonyl (C=O) groups is 2. The standard InChI is InChI=1S/C24H28ClN3O3/c1-5-31-24(30)22-12-17-11-19(7-9-21(17)28(22)4)26-14-18-10-16(6-8-20(18)25)13-27-23(29)15(2)3/h6-12,15,26H,5,13-14H2,1-4H3,(H,27,29). The predicted octanol–water partition coefficient (Wildman–Crippen LogP) is 4.89. The fraction of sp³-hybridized carbons (Fsp3) is 0.333. The number of aryl methyl sites for hydroxylation is 1. The van der Waals surface area contributed by atoms with Crippen molar-refractivity contribution in [3.63, 3.8) is 0 Å². The van der Waals surface area contributed by atoms with Gasteiger partial charge >= 0.3 is 5.97 Å². The number of aromatic nitrogens is 1. The summed E-state index contributed by atoms with van der Waals surface area (Å²) in [6.07, 6.45) is 0. The van der Waals surface area contributed by atoms with E-state index in [2.05, 4.69) is 10.6 Å². The second-order valence-electron chi connectivity index (χ2n) is 7.73. The molecule has 3 aromatic rings. The molecule has 0 aliphatic carbocycles. The molecule has 0 bridgehead atoms. The van der Waals surface area contributed by atoms with Crippen molar-refractivity contribution in [3.05, 3.63) is 64.3 Å². The lowest BCUT2D eigenvalue weighted by Gasteiger charge is -2.12. The molecule has 1 amide bonds. The van der Waals surface area contributed by atoms with E-state index < -0.39 is 0 Å². The number of hydrogen-bond donors (Lipinski definition) is 2. The van der Waals surface area contributed by atoms with E-state index in [0.717, 1.165) is 27.7 Å². The van der Waals surface area contributed by atoms with Gasteiger partial charge in [-0.2, -0.15) is 0 Å². The molecule has 0 aliphatic heterocycles. The van der Waals surface area contributed by atoms with Gasteiger partial charge in [-0.25, -0.2) is 4.79 Å². The van der Waals surface area contributed by atoms with Crippen molar-refractivity contribution in [3.8, 4) is 0 Å². The number of anilines is 1. The Morgan fingerprint density at radius 2 is 1.87 bits per heavy atom. The summed E-state index contributed by atoms with van der Waals surface area (Å²) in [7, 11) is 1.85. The Morgan fingerprint density at radius 3 is 2.58 bits per heavy atom. The number of benzene rings is 2. The van der Waals surface area contributed by atoms with E-state index >= 15 is 0 Å². The van der Waals surface area contributed by atoms with Gasteiger partial charge in [0.1, 0.15) is 5.69 Å². The number of hydrogen-bond acceptors (Lipinski definition) is 4. The summed E-state index contributed by atoms with van der Waals surface area (Å²) in [5.74, 6) is -0.359. The molecule has 0 spiro atoms. The molecule has 0 saturated heterocycles. The number of carbonyl (C=O) groups excluding carboxylic acids is 2. The van der Waals surface area contributed by atoms with Crippen LogP contribution in [0.15, 0.2) is 42.5 Å². The molecule has 2 aromatic carbocycles. The van der Waals surface area contributed by atoms with Crippen LogP contribution in [-0.4, -0.2) is 23.1 Å². The highest BCUT2D eigenvalue weighted by atomic mass is 35.5. The maximum atomic E-state index is 12.1. The Morgan fingerprint density at radius 1 is 1.10 bits per heavy atom. The summed E-state index contributed by atoms with van der Waals surface area (Å²) in [6.45, 7) is 6.87. The van der Waals surface area contributed by atoms with Crippen LogP contribution in [0.3, 0.4) is 0 Å². The van der Waals surface area contributed by atoms with Crippen LogP contribution in [0, 0.1) is 5.92 Å². The first kappa shape index (κ1) is 22.7. The first-order valence-electron chi connectivity index (χ1n) is 10.4. The summed E-state index contributed by atoms with van der Waals surface area (Å²) >= 11 is 6.38. The summed E-state index contributed by atoms with van der Waals surface area (Å²) < 4.78 is 6.97. The Bertz CT molecular complexity index is 1100. The van der Waals surface area contributed by atoms with Gasteiger partial charge in [-0.15, -0.1) is 0 Å². The highest BCUT2D eigenvalue weighted by Gasteiger charge is 2.14. The van der Waals surface area contributed by atoms with Crippen molar-refractivity contribution in [1.29, 1.82) is 0 Å². The third-order valence-corrected chi connectivity index (χ3v) is 5.48. The highest BCUT2D eigenvalue weighted by Crippen LogP contribution is 2.25. The van der Waals surface area contributed by atoms with Crippen LogP contribution in [0.1, 0.15) is 42.4 Å². The van der Waals surface area contributed by atoms with Crippen LogP contribution in [0.5, 0.6) is 0 Å². The summed E-state index contributed by atoms with van der Waals surface area (Å²) in [5.41, 5.74) is 4.33. The zero-order chi connectivity index (χ0) is 22.5. The molecule has 0 atom stereocenters. The molecule has 164 valence electrons. The van der Waals surface area contributed by atoms with Crippen LogP contribution in [0.25, 0.3) is 10.9 Å². The van der Waals surface area contributed by atoms with Crippen molar-refractivity contribution in [2.45, 2.75) is 33.9 Å². The Balaban J connectivity index is 1.72. The lowest BCUT2D eigenvalue weighted by molar-refractivity contribution is -0.124. The van der Waals surface area contributed by atoms with Gasteiger partial charge in [-0.05, 0) is 48.4 Å². The third-order valence-electron chi connectivity index (χ3n) is 5.11. The molecule has 0 saturated carbocycles. The minimum Gasteiger partial charge on any atom is -0.461 e. The Hall–Kier alpha value is -2.99. The number of halogens is 1. The van der Waals surface area contributed by atoms with Crippen LogP contribution in [0.2, 0.25) is 5.02 Å². The van der Waals surface area contributed by atoms with E-state index in [0.29, 0.717) is 30.4 Å². The lowest BCUT2D eigenvalue weighted by Crippen LogP contribution is -2.27. The molecule has 0 aliphatic rings. The highest BCUT2D eigenvalue weighted by molar-refractivity contribution is 6.31. The smallest absolute Gasteiger partial charge is 0.354 e. The lowest BCUT2D eigenvalue weighted by atomic mass is 10.1. The van der Waals surface area contributed by atoms with Crippen molar-refractivity contribution in [2.75, 3.05) is 11.9 Å². The zero-order valence-corrected chi connectivity index (χ0v) is 19.0. The number of ether oxygens (including phenoxy) is 1. The number of nitrogens with zero attached hydrogens (tertiary/aromatic N) is 1. The zero-order valence-electron chi connectivity index (χ0n) is 18.3. The predicted molar refractivity (Wildman–Crippen MR) is 124 cm³/mol. The average molecular weight is 442 g/mol. The monoisotopic (exact) mass is 441 g/mol. The molecule has 3 rings (SSSR count). The second kappa shape index (κ2) is 9.88. The van der Waals surface area contributed by atoms with Gasteiger partial charge in [0.2, 0.25) is 5.91 Å². The fourth-order valence-electron chi connectivity index (χ4n) is 3.32. The SMILES string of the molecule is CCOC(=O)c1cc2cc(NCc3cc(CNC(=O)C(C)C)ccc3Cl)ccc2n1C. The first-order valence-corrected chi connectivity index (χ1v) is 10.7. The molecule has 1 heterocycles. The average Bonchev–Trinajstić information content (AvgIpc) is 3.08. The van der Waals surface area contributed by atoms with E-state index in [9.17, 15) is 9.59 Å². The molecular weight excluding hydrogens is 414 g/mol. The fourth-order valence-corrected chi connectivity index (χ4v) is 3.51. The maximum Gasteiger partial charge on any atom is 0.354 e. The number of rotatable bonds is 8. The summed E-state index contributed by atoms with van der Waals surface area (Å²) in [5, 5.41) is 7.93. The van der Waals surface area contributed by atoms with E-state index in [-0.39, 0.29) is 17.8 Å². The quantitative estimate of drug-likeness (QED) is 0.488. The molecule has 6 nitrogen and oxygen atoms in total. The van der Waals surface area contributed by atoms with Gasteiger partial charge in [0.05, 0.1) is 6.61 Å². The van der Waals surface area contributed by atoms with Crippen molar-refractivity contribution in [2.24, 2.45) is 13.0 Å². The first-order chi connectivity index (χ1) is 14.8. The normalized spacial score (nSPS) is 11.0. The van der Waals surface area contributed by atoms with E-state index in [4.69, 9.17) is 16.3 Å². The minimum absolute atomic E-state index is 0.0213. The van der Waals surface area contributed by atoms with Crippen molar-refractivity contribution >= 4 is 40.1 Å². The molecule has 0 unspecified atom stereocenters. The van der Waals surface area contributed by atoms with Gasteiger partial charge in [-0.1, -0.05) is 37.6 Å². The molecule has 0 radical (unpaired) electrons. The Kier molecular flexibility index (Phi) is 7.23.